The van der Waals surface area contributed by atoms with Gasteiger partial charge in [0.25, 0.3) is 5.91 Å². The molecule has 1 unspecified atom stereocenters. The van der Waals surface area contributed by atoms with Gasteiger partial charge in [-0.25, -0.2) is 8.42 Å². The number of carbonyl (C=O) groups excluding carboxylic acids is 1. The van der Waals surface area contributed by atoms with E-state index in [1.165, 1.54) is 0 Å². The third kappa shape index (κ3) is 4.96. The molecular weight excluding hydrogens is 342 g/mol. The summed E-state index contributed by atoms with van der Waals surface area (Å²) < 4.78 is 22.8. The van der Waals surface area contributed by atoms with Gasteiger partial charge in [-0.3, -0.25) is 4.79 Å². The average Bonchev–Trinajstić information content (AvgIpc) is 2.18. The minimum atomic E-state index is -3.11. The van der Waals surface area contributed by atoms with E-state index in [0.717, 1.165) is 6.26 Å². The molecule has 0 aromatic heterocycles. The summed E-state index contributed by atoms with van der Waals surface area (Å²) in [6.07, 6.45) is 1.13. The molecule has 4 nitrogen and oxygen atoms in total. The molecule has 1 rings (SSSR count). The Morgan fingerprint density at radius 2 is 2.11 bits per heavy atom. The highest BCUT2D eigenvalue weighted by Crippen LogP contribution is 2.23. The molecule has 1 aromatic carbocycles. The van der Waals surface area contributed by atoms with Crippen molar-refractivity contribution in [2.45, 2.75) is 13.0 Å². The molecule has 0 heterocycles. The minimum absolute atomic E-state index is 0.0898. The van der Waals surface area contributed by atoms with E-state index in [1.54, 1.807) is 25.1 Å². The van der Waals surface area contributed by atoms with Gasteiger partial charge in [0.2, 0.25) is 0 Å². The van der Waals surface area contributed by atoms with E-state index in [2.05, 4.69) is 21.2 Å². The summed E-state index contributed by atoms with van der Waals surface area (Å²) in [5.41, 5.74) is 0.423. The Kier molecular flexibility index (Phi) is 5.19. The van der Waals surface area contributed by atoms with Crippen LogP contribution >= 0.6 is 27.5 Å². The zero-order valence-electron chi connectivity index (χ0n) is 9.91. The van der Waals surface area contributed by atoms with Gasteiger partial charge in [-0.05, 0) is 41.1 Å². The van der Waals surface area contributed by atoms with E-state index >= 15 is 0 Å². The quantitative estimate of drug-likeness (QED) is 0.902. The summed E-state index contributed by atoms with van der Waals surface area (Å²) in [7, 11) is -3.11. The van der Waals surface area contributed by atoms with Crippen LogP contribution in [0.5, 0.6) is 0 Å². The topological polar surface area (TPSA) is 63.2 Å². The van der Waals surface area contributed by atoms with Gasteiger partial charge in [0, 0.05) is 22.3 Å². The van der Waals surface area contributed by atoms with Gasteiger partial charge in [-0.2, -0.15) is 0 Å². The number of nitrogens with one attached hydrogen (secondary N) is 1. The summed E-state index contributed by atoms with van der Waals surface area (Å²) in [5, 5.41) is 3.13. The van der Waals surface area contributed by atoms with E-state index in [1.807, 2.05) is 0 Å². The summed E-state index contributed by atoms with van der Waals surface area (Å²) in [6, 6.07) is 4.32. The van der Waals surface area contributed by atoms with Crippen LogP contribution in [0.25, 0.3) is 0 Å². The van der Waals surface area contributed by atoms with Crippen molar-refractivity contribution in [3.63, 3.8) is 0 Å². The van der Waals surface area contributed by atoms with Crippen molar-refractivity contribution < 1.29 is 13.2 Å². The van der Waals surface area contributed by atoms with Crippen molar-refractivity contribution in [1.82, 2.24) is 5.32 Å². The monoisotopic (exact) mass is 353 g/mol. The molecule has 0 aliphatic carbocycles. The van der Waals surface area contributed by atoms with Crippen molar-refractivity contribution in [3.8, 4) is 0 Å². The molecule has 0 aliphatic rings. The fourth-order valence-electron chi connectivity index (χ4n) is 1.44. The Labute approximate surface area is 120 Å². The zero-order chi connectivity index (χ0) is 13.9. The lowest BCUT2D eigenvalue weighted by atomic mass is 10.2. The number of hydrogen-bond donors (Lipinski definition) is 1. The van der Waals surface area contributed by atoms with Crippen molar-refractivity contribution in [2.75, 3.05) is 12.0 Å². The summed E-state index contributed by atoms with van der Waals surface area (Å²) in [6.45, 7) is 1.64. The van der Waals surface area contributed by atoms with Gasteiger partial charge in [-0.1, -0.05) is 11.6 Å². The summed E-state index contributed by atoms with van der Waals surface area (Å²) in [5.74, 6) is -0.420. The largest absolute Gasteiger partial charge is 0.349 e. The second-order valence-corrected chi connectivity index (χ2v) is 7.54. The van der Waals surface area contributed by atoms with Gasteiger partial charge >= 0.3 is 0 Å². The fraction of sp³-hybridized carbons (Fsp3) is 0.364. The number of hydrogen-bond acceptors (Lipinski definition) is 3. The molecule has 100 valence electrons. The highest BCUT2D eigenvalue weighted by Gasteiger charge is 2.14. The third-order valence-electron chi connectivity index (χ3n) is 2.11. The molecule has 0 spiro atoms. The van der Waals surface area contributed by atoms with Gasteiger partial charge < -0.3 is 5.32 Å². The summed E-state index contributed by atoms with van der Waals surface area (Å²) >= 11 is 9.04. The lowest BCUT2D eigenvalue weighted by Crippen LogP contribution is -2.37. The number of amides is 1. The molecule has 1 N–H and O–H groups in total. The predicted molar refractivity (Wildman–Crippen MR) is 75.8 cm³/mol. The van der Waals surface area contributed by atoms with Gasteiger partial charge in [0.05, 0.1) is 10.8 Å². The molecule has 18 heavy (non-hydrogen) atoms. The van der Waals surface area contributed by atoms with E-state index in [4.69, 9.17) is 11.6 Å². The zero-order valence-corrected chi connectivity index (χ0v) is 13.1. The maximum atomic E-state index is 11.8. The van der Waals surface area contributed by atoms with Crippen molar-refractivity contribution in [1.29, 1.82) is 0 Å². The van der Waals surface area contributed by atoms with Crippen LogP contribution in [0.2, 0.25) is 5.02 Å². The SMILES string of the molecule is CC(CS(C)(=O)=O)NC(=O)c1ccc(Cl)c(Br)c1. The standard InChI is InChI=1S/C11H13BrClNO3S/c1-7(6-18(2,16)17)14-11(15)8-3-4-10(13)9(12)5-8/h3-5,7H,6H2,1-2H3,(H,14,15). The summed E-state index contributed by atoms with van der Waals surface area (Å²) in [4.78, 5) is 11.8. The molecule has 0 bridgehead atoms. The van der Waals surface area contributed by atoms with Crippen LogP contribution in [0.4, 0.5) is 0 Å². The first-order chi connectivity index (χ1) is 8.19. The number of benzene rings is 1. The highest BCUT2D eigenvalue weighted by molar-refractivity contribution is 9.10. The highest BCUT2D eigenvalue weighted by atomic mass is 79.9. The fourth-order valence-corrected chi connectivity index (χ4v) is 2.93. The van der Waals surface area contributed by atoms with E-state index in [-0.39, 0.29) is 11.7 Å². The van der Waals surface area contributed by atoms with Gasteiger partial charge in [-0.15, -0.1) is 0 Å². The van der Waals surface area contributed by atoms with Crippen molar-refractivity contribution in [2.24, 2.45) is 0 Å². The molecule has 0 saturated heterocycles. The first-order valence-corrected chi connectivity index (χ1v) is 8.36. The van der Waals surface area contributed by atoms with Gasteiger partial charge in [0.15, 0.2) is 0 Å². The first kappa shape index (κ1) is 15.5. The molecule has 1 aromatic rings. The second-order valence-electron chi connectivity index (χ2n) is 4.10. The molecule has 0 fully saturated rings. The van der Waals surface area contributed by atoms with Crippen LogP contribution in [-0.2, 0) is 9.84 Å². The molecule has 7 heteroatoms. The molecule has 0 saturated carbocycles. The third-order valence-corrected chi connectivity index (χ3v) is 4.43. The minimum Gasteiger partial charge on any atom is -0.349 e. The van der Waals surface area contributed by atoms with Crippen LogP contribution in [-0.4, -0.2) is 32.4 Å². The van der Waals surface area contributed by atoms with Crippen LogP contribution in [0.1, 0.15) is 17.3 Å². The normalized spacial score (nSPS) is 13.1. The predicted octanol–water partition coefficient (Wildman–Crippen LogP) is 2.27. The number of sulfone groups is 1. The Morgan fingerprint density at radius 3 is 2.61 bits per heavy atom. The van der Waals surface area contributed by atoms with Gasteiger partial charge in [0.1, 0.15) is 9.84 Å². The molecule has 0 aliphatic heterocycles. The Balaban J connectivity index is 2.73. The molecular formula is C11H13BrClNO3S. The van der Waals surface area contributed by atoms with E-state index in [9.17, 15) is 13.2 Å². The van der Waals surface area contributed by atoms with Crippen molar-refractivity contribution in [3.05, 3.63) is 33.3 Å². The van der Waals surface area contributed by atoms with Crippen molar-refractivity contribution >= 4 is 43.3 Å². The lowest BCUT2D eigenvalue weighted by molar-refractivity contribution is 0.0943. The van der Waals surface area contributed by atoms with Crippen LogP contribution in [0, 0.1) is 0 Å². The van der Waals surface area contributed by atoms with Crippen LogP contribution < -0.4 is 5.32 Å². The average molecular weight is 355 g/mol. The number of rotatable bonds is 4. The number of carbonyl (C=O) groups is 1. The molecule has 1 atom stereocenters. The van der Waals surface area contributed by atoms with Crippen LogP contribution in [0.15, 0.2) is 22.7 Å². The Hall–Kier alpha value is -0.590. The van der Waals surface area contributed by atoms with E-state index in [0.29, 0.717) is 15.1 Å². The lowest BCUT2D eigenvalue weighted by Gasteiger charge is -2.13. The molecule has 1 amide bonds. The number of halogens is 2. The Bertz CT molecular complexity index is 559. The second kappa shape index (κ2) is 6.04. The maximum Gasteiger partial charge on any atom is 0.251 e. The van der Waals surface area contributed by atoms with Crippen LogP contribution in [0.3, 0.4) is 0 Å². The first-order valence-electron chi connectivity index (χ1n) is 5.12. The maximum absolute atomic E-state index is 11.8. The van der Waals surface area contributed by atoms with E-state index < -0.39 is 15.9 Å². The molecule has 0 radical (unpaired) electrons. The smallest absolute Gasteiger partial charge is 0.251 e. The Morgan fingerprint density at radius 1 is 1.50 bits per heavy atom.